The van der Waals surface area contributed by atoms with Gasteiger partial charge in [-0.1, -0.05) is 6.07 Å². The highest BCUT2D eigenvalue weighted by Crippen LogP contribution is 2.41. The Morgan fingerprint density at radius 1 is 1.12 bits per heavy atom. The Balaban J connectivity index is 2.11. The molecule has 176 valence electrons. The molecule has 2 aromatic rings. The number of carbonyl (C=O) groups excluding carboxylic acids is 2. The van der Waals surface area contributed by atoms with Crippen LogP contribution < -0.4 is 9.47 Å². The quantitative estimate of drug-likeness (QED) is 0.359. The molecule has 33 heavy (non-hydrogen) atoms. The van der Waals surface area contributed by atoms with Crippen LogP contribution in [0.1, 0.15) is 31.0 Å². The average molecular weight is 455 g/mol. The number of ether oxygens (including phenoxy) is 2. The van der Waals surface area contributed by atoms with Crippen LogP contribution in [0.15, 0.2) is 48.0 Å². The van der Waals surface area contributed by atoms with Gasteiger partial charge in [-0.15, -0.1) is 0 Å². The lowest BCUT2D eigenvalue weighted by Crippen LogP contribution is -2.35. The molecule has 1 saturated heterocycles. The summed E-state index contributed by atoms with van der Waals surface area (Å²) in [5.41, 5.74) is 0.931. The van der Waals surface area contributed by atoms with Gasteiger partial charge in [0.1, 0.15) is 11.5 Å². The first-order valence-electron chi connectivity index (χ1n) is 10.7. The number of amides is 1. The molecule has 2 N–H and O–H groups in total. The molecule has 0 radical (unpaired) electrons. The van der Waals surface area contributed by atoms with Gasteiger partial charge in [-0.05, 0) is 69.9 Å². The third kappa shape index (κ3) is 5.12. The Kier molecular flexibility index (Phi) is 7.28. The van der Waals surface area contributed by atoms with E-state index in [2.05, 4.69) is 0 Å². The lowest BCUT2D eigenvalue weighted by atomic mass is 9.95. The number of phenols is 1. The molecule has 1 fully saturated rings. The largest absolute Gasteiger partial charge is 0.507 e. The zero-order valence-electron chi connectivity index (χ0n) is 19.5. The number of rotatable bonds is 8. The second kappa shape index (κ2) is 9.95. The molecule has 1 heterocycles. The van der Waals surface area contributed by atoms with Crippen molar-refractivity contribution in [1.82, 2.24) is 9.80 Å². The number of phenolic OH excluding ortho intramolecular Hbond substituents is 1. The van der Waals surface area contributed by atoms with E-state index in [-0.39, 0.29) is 35.5 Å². The van der Waals surface area contributed by atoms with Crippen molar-refractivity contribution in [2.75, 3.05) is 34.3 Å². The third-order valence-electron chi connectivity index (χ3n) is 5.35. The van der Waals surface area contributed by atoms with Crippen molar-refractivity contribution in [3.63, 3.8) is 0 Å². The van der Waals surface area contributed by atoms with Gasteiger partial charge in [-0.2, -0.15) is 0 Å². The summed E-state index contributed by atoms with van der Waals surface area (Å²) >= 11 is 0. The minimum atomic E-state index is -0.828. The van der Waals surface area contributed by atoms with E-state index in [9.17, 15) is 19.8 Å². The number of benzene rings is 2. The zero-order valence-corrected chi connectivity index (χ0v) is 19.5. The van der Waals surface area contributed by atoms with E-state index in [4.69, 9.17) is 9.47 Å². The van der Waals surface area contributed by atoms with Gasteiger partial charge >= 0.3 is 0 Å². The zero-order chi connectivity index (χ0) is 24.3. The van der Waals surface area contributed by atoms with Gasteiger partial charge < -0.3 is 29.5 Å². The van der Waals surface area contributed by atoms with Crippen LogP contribution in [0.4, 0.5) is 0 Å². The monoisotopic (exact) mass is 454 g/mol. The second-order valence-corrected chi connectivity index (χ2v) is 8.42. The van der Waals surface area contributed by atoms with Gasteiger partial charge in [0.2, 0.25) is 0 Å². The molecule has 0 aromatic heterocycles. The Morgan fingerprint density at radius 3 is 2.36 bits per heavy atom. The van der Waals surface area contributed by atoms with Crippen LogP contribution in [0, 0.1) is 0 Å². The van der Waals surface area contributed by atoms with Crippen molar-refractivity contribution < 1.29 is 29.3 Å². The number of likely N-dealkylation sites (tertiary alicyclic amines) is 1. The number of aliphatic hydroxyl groups excluding tert-OH is 1. The third-order valence-corrected chi connectivity index (χ3v) is 5.35. The fraction of sp³-hybridized carbons (Fsp3) is 0.360. The maximum atomic E-state index is 13.1. The molecule has 0 bridgehead atoms. The van der Waals surface area contributed by atoms with Crippen molar-refractivity contribution in [2.45, 2.75) is 26.0 Å². The molecule has 2 aromatic carbocycles. The van der Waals surface area contributed by atoms with Crippen LogP contribution in [0.5, 0.6) is 17.2 Å². The lowest BCUT2D eigenvalue weighted by Gasteiger charge is -2.27. The summed E-state index contributed by atoms with van der Waals surface area (Å²) in [6.07, 6.45) is -0.00375. The number of aromatic hydroxyl groups is 1. The molecule has 0 saturated carbocycles. The van der Waals surface area contributed by atoms with Crippen molar-refractivity contribution in [1.29, 1.82) is 0 Å². The number of carbonyl (C=O) groups is 2. The van der Waals surface area contributed by atoms with E-state index < -0.39 is 17.7 Å². The predicted octanol–water partition coefficient (Wildman–Crippen LogP) is 3.17. The average Bonchev–Trinajstić information content (AvgIpc) is 3.02. The van der Waals surface area contributed by atoms with Crippen LogP contribution in [0.2, 0.25) is 0 Å². The molecule has 0 unspecified atom stereocenters. The highest BCUT2D eigenvalue weighted by atomic mass is 16.5. The molecule has 1 atom stereocenters. The van der Waals surface area contributed by atoms with Crippen LogP contribution in [-0.2, 0) is 9.59 Å². The molecular formula is C25H30N2O6. The van der Waals surface area contributed by atoms with Gasteiger partial charge in [0.05, 0.1) is 24.8 Å². The number of Topliss-reactive ketones (excluding diaryl/α,β-unsaturated/α-hetero) is 1. The minimum Gasteiger partial charge on any atom is -0.507 e. The van der Waals surface area contributed by atoms with E-state index >= 15 is 0 Å². The maximum absolute atomic E-state index is 13.1. The molecule has 1 aliphatic heterocycles. The van der Waals surface area contributed by atoms with E-state index in [0.717, 1.165) is 0 Å². The van der Waals surface area contributed by atoms with Gasteiger partial charge in [0.15, 0.2) is 11.5 Å². The first-order chi connectivity index (χ1) is 15.6. The standard InChI is InChI=1S/C25H30N2O6/c1-15(2)33-18-9-6-16(7-10-18)23(29)21-22(17-8-11-19(28)20(14-17)32-5)27(13-12-26(3)4)25(31)24(21)30/h6-11,14-15,22,28-29H,12-13H2,1-5H3/b23-21+/t22-/m1/s1. The van der Waals surface area contributed by atoms with Gasteiger partial charge in [0, 0.05) is 18.7 Å². The SMILES string of the molecule is COc1cc([C@@H]2/C(=C(\O)c3ccc(OC(C)C)cc3)C(=O)C(=O)N2CCN(C)C)ccc1O. The van der Waals surface area contributed by atoms with E-state index in [0.29, 0.717) is 23.4 Å². The summed E-state index contributed by atoms with van der Waals surface area (Å²) in [5, 5.41) is 21.2. The molecule has 0 spiro atoms. The fourth-order valence-electron chi connectivity index (χ4n) is 3.75. The summed E-state index contributed by atoms with van der Waals surface area (Å²) < 4.78 is 10.9. The van der Waals surface area contributed by atoms with Crippen LogP contribution in [0.3, 0.4) is 0 Å². The summed E-state index contributed by atoms with van der Waals surface area (Å²) in [5.74, 6) is -0.934. The van der Waals surface area contributed by atoms with Gasteiger partial charge in [0.25, 0.3) is 11.7 Å². The van der Waals surface area contributed by atoms with Crippen molar-refractivity contribution in [2.24, 2.45) is 0 Å². The summed E-state index contributed by atoms with van der Waals surface area (Å²) in [6.45, 7) is 4.63. The number of ketones is 1. The molecular weight excluding hydrogens is 424 g/mol. The van der Waals surface area contributed by atoms with Gasteiger partial charge in [-0.25, -0.2) is 0 Å². The number of aliphatic hydroxyl groups is 1. The summed E-state index contributed by atoms with van der Waals surface area (Å²) in [6, 6.07) is 10.5. The normalized spacial score (nSPS) is 17.8. The molecule has 1 amide bonds. The van der Waals surface area contributed by atoms with Crippen molar-refractivity contribution >= 4 is 17.4 Å². The van der Waals surface area contributed by atoms with Crippen LogP contribution in [0.25, 0.3) is 5.76 Å². The van der Waals surface area contributed by atoms with Gasteiger partial charge in [-0.3, -0.25) is 9.59 Å². The van der Waals surface area contributed by atoms with Crippen LogP contribution >= 0.6 is 0 Å². The van der Waals surface area contributed by atoms with E-state index in [1.54, 1.807) is 36.4 Å². The predicted molar refractivity (Wildman–Crippen MR) is 124 cm³/mol. The number of likely N-dealkylation sites (N-methyl/N-ethyl adjacent to an activating group) is 1. The second-order valence-electron chi connectivity index (χ2n) is 8.42. The van der Waals surface area contributed by atoms with E-state index in [1.165, 1.54) is 18.1 Å². The minimum absolute atomic E-state index is 0.00375. The van der Waals surface area contributed by atoms with Crippen molar-refractivity contribution in [3.8, 4) is 17.2 Å². The molecule has 0 aliphatic carbocycles. The first-order valence-corrected chi connectivity index (χ1v) is 10.7. The summed E-state index contributed by atoms with van der Waals surface area (Å²) in [7, 11) is 5.16. The number of methoxy groups -OCH3 is 1. The fourth-order valence-corrected chi connectivity index (χ4v) is 3.75. The topological polar surface area (TPSA) is 99.5 Å². The summed E-state index contributed by atoms with van der Waals surface area (Å²) in [4.78, 5) is 29.4. The van der Waals surface area contributed by atoms with Crippen LogP contribution in [-0.4, -0.2) is 72.1 Å². The first kappa shape index (κ1) is 24.1. The highest BCUT2D eigenvalue weighted by Gasteiger charge is 2.46. The Bertz CT molecular complexity index is 1060. The smallest absolute Gasteiger partial charge is 0.295 e. The Morgan fingerprint density at radius 2 is 1.79 bits per heavy atom. The molecule has 8 nitrogen and oxygen atoms in total. The molecule has 3 rings (SSSR count). The van der Waals surface area contributed by atoms with Crippen molar-refractivity contribution in [3.05, 3.63) is 59.2 Å². The van der Waals surface area contributed by atoms with E-state index in [1.807, 2.05) is 32.8 Å². The lowest BCUT2D eigenvalue weighted by molar-refractivity contribution is -0.140. The Labute approximate surface area is 193 Å². The highest BCUT2D eigenvalue weighted by molar-refractivity contribution is 6.46. The molecule has 1 aliphatic rings. The Hall–Kier alpha value is -3.52. The number of hydrogen-bond acceptors (Lipinski definition) is 7. The number of nitrogens with zero attached hydrogens (tertiary/aromatic N) is 2. The number of hydrogen-bond donors (Lipinski definition) is 2. The maximum Gasteiger partial charge on any atom is 0.295 e. The molecule has 8 heteroatoms.